The number of carbonyl (C=O) groups is 2. The van der Waals surface area contributed by atoms with Crippen molar-refractivity contribution in [3.8, 4) is 5.75 Å². The maximum atomic E-state index is 13.7. The highest BCUT2D eigenvalue weighted by atomic mass is 19.1. The number of fused-ring (bicyclic) bond motifs is 1. The lowest BCUT2D eigenvalue weighted by Crippen LogP contribution is -2.36. The van der Waals surface area contributed by atoms with Gasteiger partial charge in [-0.1, -0.05) is 0 Å². The van der Waals surface area contributed by atoms with E-state index < -0.39 is 52.3 Å². The summed E-state index contributed by atoms with van der Waals surface area (Å²) in [7, 11) is 0. The number of amides is 1. The maximum absolute atomic E-state index is 13.7. The highest BCUT2D eigenvalue weighted by Crippen LogP contribution is 2.28. The number of hydroxylamine groups is 2. The Hall–Kier alpha value is -3.01. The fourth-order valence-electron chi connectivity index (χ4n) is 2.22. The van der Waals surface area contributed by atoms with Gasteiger partial charge in [0.15, 0.2) is 23.4 Å². The van der Waals surface area contributed by atoms with E-state index in [2.05, 4.69) is 9.25 Å². The van der Waals surface area contributed by atoms with Gasteiger partial charge in [-0.05, 0) is 12.1 Å². The van der Waals surface area contributed by atoms with Crippen LogP contribution in [0.15, 0.2) is 21.3 Å². The molecule has 1 aromatic heterocycles. The zero-order valence-electron chi connectivity index (χ0n) is 11.8. The van der Waals surface area contributed by atoms with Crippen LogP contribution in [0.2, 0.25) is 0 Å². The van der Waals surface area contributed by atoms with Gasteiger partial charge >= 0.3 is 11.6 Å². The molecule has 1 amide bonds. The van der Waals surface area contributed by atoms with Crippen molar-refractivity contribution in [3.05, 3.63) is 39.8 Å². The summed E-state index contributed by atoms with van der Waals surface area (Å²) in [6.07, 6.45) is -1.34. The molecule has 0 bridgehead atoms. The number of aromatic hydroxyl groups is 1. The lowest BCUT2D eigenvalue weighted by atomic mass is 10.1. The maximum Gasteiger partial charge on any atom is 0.370 e. The summed E-state index contributed by atoms with van der Waals surface area (Å²) in [4.78, 5) is 39.8. The number of nitrogens with zero attached hydrogens (tertiary/aromatic N) is 1. The van der Waals surface area contributed by atoms with Crippen molar-refractivity contribution in [2.24, 2.45) is 0 Å². The van der Waals surface area contributed by atoms with Gasteiger partial charge in [0.1, 0.15) is 5.56 Å². The number of aliphatic hydroxyl groups is 1. The summed E-state index contributed by atoms with van der Waals surface area (Å²) in [5, 5.41) is 18.7. The summed E-state index contributed by atoms with van der Waals surface area (Å²) >= 11 is 0. The molecule has 1 aliphatic heterocycles. The predicted octanol–water partition coefficient (Wildman–Crippen LogP) is 0.789. The predicted molar refractivity (Wildman–Crippen MR) is 71.6 cm³/mol. The Morgan fingerprint density at radius 1 is 1.33 bits per heavy atom. The van der Waals surface area contributed by atoms with Gasteiger partial charge in [-0.25, -0.2) is 14.0 Å². The van der Waals surface area contributed by atoms with E-state index in [0.717, 1.165) is 6.07 Å². The van der Waals surface area contributed by atoms with Crippen molar-refractivity contribution >= 4 is 22.8 Å². The van der Waals surface area contributed by atoms with E-state index in [0.29, 0.717) is 11.1 Å². The minimum Gasteiger partial charge on any atom is -0.503 e. The Kier molecular flexibility index (Phi) is 3.68. The fourth-order valence-corrected chi connectivity index (χ4v) is 2.22. The van der Waals surface area contributed by atoms with Crippen LogP contribution in [0.1, 0.15) is 23.2 Å². The summed E-state index contributed by atoms with van der Waals surface area (Å²) in [5.41, 5.74) is -2.80. The highest BCUT2D eigenvalue weighted by molar-refractivity contribution is 5.94. The number of halogens is 2. The van der Waals surface area contributed by atoms with Gasteiger partial charge in [0.2, 0.25) is 5.82 Å². The molecule has 0 saturated carbocycles. The summed E-state index contributed by atoms with van der Waals surface area (Å²) in [6.45, 7) is 0. The Morgan fingerprint density at radius 3 is 2.67 bits per heavy atom. The standard InChI is InChI=1S/C14H9F2NO7/c15-7-4-5-3-6(13(21)23-12(5)10(16)11(7)20)14(22)24-17-8(18)1-2-9(17)19/h3-4,8,18,20H,1-2H2. The molecule has 1 atom stereocenters. The van der Waals surface area contributed by atoms with E-state index in [1.807, 2.05) is 0 Å². The normalized spacial score (nSPS) is 17.5. The Morgan fingerprint density at radius 2 is 2.04 bits per heavy atom. The van der Waals surface area contributed by atoms with Crippen LogP contribution in [0.3, 0.4) is 0 Å². The molecule has 126 valence electrons. The molecule has 2 N–H and O–H groups in total. The Bertz CT molecular complexity index is 923. The number of phenolic OH excluding ortho intramolecular Hbond substituents is 1. The van der Waals surface area contributed by atoms with Gasteiger partial charge in [0, 0.05) is 18.2 Å². The van der Waals surface area contributed by atoms with Crippen LogP contribution in [0, 0.1) is 11.6 Å². The average molecular weight is 341 g/mol. The summed E-state index contributed by atoms with van der Waals surface area (Å²) < 4.78 is 31.6. The molecule has 1 aromatic carbocycles. The zero-order valence-corrected chi connectivity index (χ0v) is 11.8. The lowest BCUT2D eigenvalue weighted by Gasteiger charge is -2.18. The molecule has 0 aliphatic carbocycles. The number of benzene rings is 1. The monoisotopic (exact) mass is 341 g/mol. The molecule has 2 heterocycles. The molecule has 1 unspecified atom stereocenters. The third kappa shape index (κ3) is 2.46. The van der Waals surface area contributed by atoms with Crippen molar-refractivity contribution < 1.29 is 37.8 Å². The van der Waals surface area contributed by atoms with Crippen LogP contribution in [-0.4, -0.2) is 33.4 Å². The van der Waals surface area contributed by atoms with E-state index in [4.69, 9.17) is 5.11 Å². The SMILES string of the molecule is O=C(ON1C(=O)CCC1O)c1cc2cc(F)c(O)c(F)c2oc1=O. The van der Waals surface area contributed by atoms with Crippen molar-refractivity contribution in [2.45, 2.75) is 19.1 Å². The molecule has 3 rings (SSSR count). The van der Waals surface area contributed by atoms with Crippen molar-refractivity contribution in [3.63, 3.8) is 0 Å². The number of carbonyl (C=O) groups excluding carboxylic acids is 2. The second-order valence-electron chi connectivity index (χ2n) is 5.00. The third-order valence-corrected chi connectivity index (χ3v) is 3.43. The van der Waals surface area contributed by atoms with Crippen LogP contribution in [0.4, 0.5) is 8.78 Å². The quantitative estimate of drug-likeness (QED) is 0.776. The van der Waals surface area contributed by atoms with Gasteiger partial charge in [-0.2, -0.15) is 4.39 Å². The summed E-state index contributed by atoms with van der Waals surface area (Å²) in [6, 6.07) is 1.45. The first-order valence-corrected chi connectivity index (χ1v) is 6.67. The van der Waals surface area contributed by atoms with Gasteiger partial charge in [0.05, 0.1) is 0 Å². The van der Waals surface area contributed by atoms with Crippen molar-refractivity contribution in [1.29, 1.82) is 0 Å². The topological polar surface area (TPSA) is 117 Å². The molecule has 10 heteroatoms. The molecule has 1 saturated heterocycles. The zero-order chi connectivity index (χ0) is 17.6. The second-order valence-corrected chi connectivity index (χ2v) is 5.00. The molecule has 1 fully saturated rings. The number of hydrogen-bond acceptors (Lipinski definition) is 7. The van der Waals surface area contributed by atoms with Gasteiger partial charge in [-0.15, -0.1) is 5.06 Å². The number of rotatable bonds is 2. The minimum atomic E-state index is -1.49. The molecular weight excluding hydrogens is 332 g/mol. The van der Waals surface area contributed by atoms with E-state index >= 15 is 0 Å². The number of hydrogen-bond donors (Lipinski definition) is 2. The largest absolute Gasteiger partial charge is 0.503 e. The molecule has 8 nitrogen and oxygen atoms in total. The van der Waals surface area contributed by atoms with Gasteiger partial charge < -0.3 is 19.5 Å². The number of phenols is 1. The molecule has 0 radical (unpaired) electrons. The average Bonchev–Trinajstić information content (AvgIpc) is 2.85. The van der Waals surface area contributed by atoms with Crippen LogP contribution in [0.25, 0.3) is 11.0 Å². The molecule has 24 heavy (non-hydrogen) atoms. The van der Waals surface area contributed by atoms with Gasteiger partial charge in [0.25, 0.3) is 5.91 Å². The highest BCUT2D eigenvalue weighted by Gasteiger charge is 2.34. The first-order chi connectivity index (χ1) is 11.3. The Labute approximate surface area is 131 Å². The van der Waals surface area contributed by atoms with Crippen LogP contribution >= 0.6 is 0 Å². The number of aliphatic hydroxyl groups excluding tert-OH is 1. The Balaban J connectivity index is 2.02. The van der Waals surface area contributed by atoms with E-state index in [9.17, 15) is 28.3 Å². The van der Waals surface area contributed by atoms with Crippen LogP contribution < -0.4 is 5.63 Å². The lowest BCUT2D eigenvalue weighted by molar-refractivity contribution is -0.191. The molecular formula is C14H9F2NO7. The first kappa shape index (κ1) is 15.9. The van der Waals surface area contributed by atoms with Gasteiger partial charge in [-0.3, -0.25) is 4.79 Å². The fraction of sp³-hybridized carbons (Fsp3) is 0.214. The van der Waals surface area contributed by atoms with E-state index in [1.165, 1.54) is 0 Å². The van der Waals surface area contributed by atoms with Crippen LogP contribution in [0.5, 0.6) is 5.75 Å². The van der Waals surface area contributed by atoms with E-state index in [1.54, 1.807) is 0 Å². The first-order valence-electron chi connectivity index (χ1n) is 6.67. The second kappa shape index (κ2) is 5.57. The smallest absolute Gasteiger partial charge is 0.370 e. The van der Waals surface area contributed by atoms with E-state index in [-0.39, 0.29) is 18.2 Å². The third-order valence-electron chi connectivity index (χ3n) is 3.43. The van der Waals surface area contributed by atoms with Crippen molar-refractivity contribution in [1.82, 2.24) is 5.06 Å². The molecule has 2 aromatic rings. The molecule has 0 spiro atoms. The molecule has 1 aliphatic rings. The van der Waals surface area contributed by atoms with Crippen molar-refractivity contribution in [2.75, 3.05) is 0 Å². The minimum absolute atomic E-state index is 0.0452. The van der Waals surface area contributed by atoms with Crippen LogP contribution in [-0.2, 0) is 9.63 Å². The summed E-state index contributed by atoms with van der Waals surface area (Å²) in [5.74, 6) is -6.14.